The van der Waals surface area contributed by atoms with Crippen LogP contribution in [0.2, 0.25) is 0 Å². The van der Waals surface area contributed by atoms with E-state index < -0.39 is 0 Å². The zero-order valence-electron chi connectivity index (χ0n) is 9.74. The standard InChI is InChI=1S/C14H14O2S2/c15-9-11-3-1-5-13(7-11)17-18-14-6-2-4-12(8-14)10-16/h1-8,15-16H,9-10H2. The highest BCUT2D eigenvalue weighted by Gasteiger charge is 2.00. The molecule has 18 heavy (non-hydrogen) atoms. The van der Waals surface area contributed by atoms with E-state index in [9.17, 15) is 0 Å². The molecule has 0 unspecified atom stereocenters. The van der Waals surface area contributed by atoms with Gasteiger partial charge in [-0.05, 0) is 35.4 Å². The molecule has 0 aromatic heterocycles. The van der Waals surface area contributed by atoms with Gasteiger partial charge in [-0.1, -0.05) is 45.9 Å². The van der Waals surface area contributed by atoms with Crippen molar-refractivity contribution in [3.8, 4) is 0 Å². The van der Waals surface area contributed by atoms with Crippen molar-refractivity contribution in [3.63, 3.8) is 0 Å². The number of benzene rings is 2. The van der Waals surface area contributed by atoms with Crippen LogP contribution in [-0.4, -0.2) is 10.2 Å². The van der Waals surface area contributed by atoms with Crippen LogP contribution in [0.5, 0.6) is 0 Å². The Bertz CT molecular complexity index is 467. The predicted molar refractivity (Wildman–Crippen MR) is 76.4 cm³/mol. The summed E-state index contributed by atoms with van der Waals surface area (Å²) >= 11 is 0. The Kier molecular flexibility index (Phi) is 5.13. The van der Waals surface area contributed by atoms with Crippen LogP contribution in [0.25, 0.3) is 0 Å². The van der Waals surface area contributed by atoms with Gasteiger partial charge >= 0.3 is 0 Å². The molecule has 2 rings (SSSR count). The lowest BCUT2D eigenvalue weighted by Gasteiger charge is -2.04. The van der Waals surface area contributed by atoms with Crippen LogP contribution in [0.4, 0.5) is 0 Å². The van der Waals surface area contributed by atoms with Gasteiger partial charge in [-0.25, -0.2) is 0 Å². The smallest absolute Gasteiger partial charge is 0.0682 e. The molecular formula is C14H14O2S2. The second-order valence-electron chi connectivity index (χ2n) is 3.78. The molecule has 2 aromatic rings. The molecule has 4 heteroatoms. The number of aliphatic hydroxyl groups is 2. The first-order chi connectivity index (χ1) is 8.81. The van der Waals surface area contributed by atoms with Crippen LogP contribution in [-0.2, 0) is 13.2 Å². The summed E-state index contributed by atoms with van der Waals surface area (Å²) in [5.41, 5.74) is 1.84. The third-order valence-electron chi connectivity index (χ3n) is 2.40. The summed E-state index contributed by atoms with van der Waals surface area (Å²) in [6.45, 7) is 0.137. The summed E-state index contributed by atoms with van der Waals surface area (Å²) in [5.74, 6) is 0. The van der Waals surface area contributed by atoms with Crippen LogP contribution in [0.3, 0.4) is 0 Å². The Morgan fingerprint density at radius 1 is 0.722 bits per heavy atom. The third-order valence-corrected chi connectivity index (χ3v) is 4.78. The zero-order valence-corrected chi connectivity index (χ0v) is 11.4. The molecule has 0 aliphatic rings. The molecule has 0 atom stereocenters. The molecule has 0 amide bonds. The number of hydrogen-bond donors (Lipinski definition) is 2. The summed E-state index contributed by atoms with van der Waals surface area (Å²) in [7, 11) is 3.29. The molecule has 94 valence electrons. The minimum absolute atomic E-state index is 0.0685. The third kappa shape index (κ3) is 3.78. The first kappa shape index (κ1) is 13.5. The fourth-order valence-corrected chi connectivity index (χ4v) is 3.55. The van der Waals surface area contributed by atoms with E-state index in [1.807, 2.05) is 48.5 Å². The summed E-state index contributed by atoms with van der Waals surface area (Å²) < 4.78 is 0. The van der Waals surface area contributed by atoms with E-state index in [2.05, 4.69) is 0 Å². The molecular weight excluding hydrogens is 264 g/mol. The quantitative estimate of drug-likeness (QED) is 0.822. The van der Waals surface area contributed by atoms with Crippen molar-refractivity contribution in [2.75, 3.05) is 0 Å². The minimum atomic E-state index is 0.0685. The van der Waals surface area contributed by atoms with Crippen molar-refractivity contribution >= 4 is 21.6 Å². The van der Waals surface area contributed by atoms with Crippen molar-refractivity contribution in [1.29, 1.82) is 0 Å². The molecule has 0 spiro atoms. The van der Waals surface area contributed by atoms with Gasteiger partial charge in [0.1, 0.15) is 0 Å². The highest BCUT2D eigenvalue weighted by Crippen LogP contribution is 2.37. The van der Waals surface area contributed by atoms with Gasteiger partial charge in [0.15, 0.2) is 0 Å². The lowest BCUT2D eigenvalue weighted by molar-refractivity contribution is 0.281. The number of hydrogen-bond acceptors (Lipinski definition) is 4. The molecule has 2 aromatic carbocycles. The monoisotopic (exact) mass is 278 g/mol. The molecule has 2 N–H and O–H groups in total. The molecule has 0 saturated heterocycles. The van der Waals surface area contributed by atoms with Gasteiger partial charge < -0.3 is 10.2 Å². The van der Waals surface area contributed by atoms with Crippen molar-refractivity contribution in [2.45, 2.75) is 23.0 Å². The fraction of sp³-hybridized carbons (Fsp3) is 0.143. The molecule has 0 fully saturated rings. The van der Waals surface area contributed by atoms with Crippen molar-refractivity contribution in [2.24, 2.45) is 0 Å². The van der Waals surface area contributed by atoms with Gasteiger partial charge in [0.2, 0.25) is 0 Å². The average molecular weight is 278 g/mol. The van der Waals surface area contributed by atoms with Crippen LogP contribution >= 0.6 is 21.6 Å². The van der Waals surface area contributed by atoms with E-state index in [-0.39, 0.29) is 13.2 Å². The highest BCUT2D eigenvalue weighted by molar-refractivity contribution is 8.76. The number of aliphatic hydroxyl groups excluding tert-OH is 2. The van der Waals surface area contributed by atoms with Gasteiger partial charge in [0.25, 0.3) is 0 Å². The highest BCUT2D eigenvalue weighted by atomic mass is 33.1. The Morgan fingerprint density at radius 3 is 1.56 bits per heavy atom. The first-order valence-electron chi connectivity index (χ1n) is 5.56. The van der Waals surface area contributed by atoms with Crippen LogP contribution in [0.15, 0.2) is 58.3 Å². The molecule has 0 aliphatic carbocycles. The van der Waals surface area contributed by atoms with Gasteiger partial charge in [-0.15, -0.1) is 0 Å². The zero-order chi connectivity index (χ0) is 12.8. The second-order valence-corrected chi connectivity index (χ2v) is 6.05. The average Bonchev–Trinajstić information content (AvgIpc) is 2.45. The topological polar surface area (TPSA) is 40.5 Å². The maximum atomic E-state index is 9.07. The van der Waals surface area contributed by atoms with E-state index in [0.29, 0.717) is 0 Å². The van der Waals surface area contributed by atoms with Crippen LogP contribution < -0.4 is 0 Å². The van der Waals surface area contributed by atoms with E-state index in [1.54, 1.807) is 21.6 Å². The molecule has 0 saturated carbocycles. The Morgan fingerprint density at radius 2 is 1.17 bits per heavy atom. The van der Waals surface area contributed by atoms with Gasteiger partial charge in [-0.3, -0.25) is 0 Å². The van der Waals surface area contributed by atoms with Crippen LogP contribution in [0, 0.1) is 0 Å². The SMILES string of the molecule is OCc1cccc(SSc2cccc(CO)c2)c1. The van der Waals surface area contributed by atoms with Crippen molar-refractivity contribution in [3.05, 3.63) is 59.7 Å². The first-order valence-corrected chi connectivity index (χ1v) is 7.71. The van der Waals surface area contributed by atoms with E-state index in [4.69, 9.17) is 10.2 Å². The molecule has 0 heterocycles. The maximum absolute atomic E-state index is 9.07. The van der Waals surface area contributed by atoms with E-state index >= 15 is 0 Å². The predicted octanol–water partition coefficient (Wildman–Crippen LogP) is 3.47. The normalized spacial score (nSPS) is 10.6. The fourth-order valence-electron chi connectivity index (χ4n) is 1.49. The van der Waals surface area contributed by atoms with Gasteiger partial charge in [0.05, 0.1) is 13.2 Å². The molecule has 0 radical (unpaired) electrons. The second kappa shape index (κ2) is 6.85. The minimum Gasteiger partial charge on any atom is -0.392 e. The summed E-state index contributed by atoms with van der Waals surface area (Å²) in [4.78, 5) is 2.22. The lowest BCUT2D eigenvalue weighted by Crippen LogP contribution is -1.82. The largest absolute Gasteiger partial charge is 0.392 e. The van der Waals surface area contributed by atoms with Crippen molar-refractivity contribution in [1.82, 2.24) is 0 Å². The lowest BCUT2D eigenvalue weighted by atomic mass is 10.2. The molecule has 2 nitrogen and oxygen atoms in total. The number of rotatable bonds is 5. The summed E-state index contributed by atoms with van der Waals surface area (Å²) in [6.07, 6.45) is 0. The van der Waals surface area contributed by atoms with Crippen LogP contribution in [0.1, 0.15) is 11.1 Å². The summed E-state index contributed by atoms with van der Waals surface area (Å²) in [5, 5.41) is 18.1. The van der Waals surface area contributed by atoms with Gasteiger partial charge in [0, 0.05) is 9.79 Å². The van der Waals surface area contributed by atoms with Gasteiger partial charge in [-0.2, -0.15) is 0 Å². The van der Waals surface area contributed by atoms with E-state index in [0.717, 1.165) is 20.9 Å². The molecule has 0 bridgehead atoms. The Balaban J connectivity index is 2.01. The molecule has 0 aliphatic heterocycles. The Hall–Kier alpha value is -0.940. The Labute approximate surface area is 114 Å². The maximum Gasteiger partial charge on any atom is 0.0682 e. The summed E-state index contributed by atoms with van der Waals surface area (Å²) in [6, 6.07) is 15.7. The van der Waals surface area contributed by atoms with Crippen molar-refractivity contribution < 1.29 is 10.2 Å². The van der Waals surface area contributed by atoms with E-state index in [1.165, 1.54) is 0 Å².